The summed E-state index contributed by atoms with van der Waals surface area (Å²) in [6, 6.07) is 14.0. The Bertz CT molecular complexity index is 836. The number of para-hydroxylation sites is 1. The standard InChI is InChI=1S/C18H20FN5O/c1-12(20-13(2)18-21-22-23-24(18)3)14-9-10-17(16(19)11-14)25-15-7-5-4-6-8-15/h4-13,20H,1-3H3/t12-,13+/m0/s1. The van der Waals surface area contributed by atoms with Crippen molar-refractivity contribution in [1.29, 1.82) is 0 Å². The molecule has 0 amide bonds. The summed E-state index contributed by atoms with van der Waals surface area (Å²) in [4.78, 5) is 0. The van der Waals surface area contributed by atoms with Crippen molar-refractivity contribution in [3.8, 4) is 11.5 Å². The molecule has 6 nitrogen and oxygen atoms in total. The van der Waals surface area contributed by atoms with Gasteiger partial charge in [0, 0.05) is 13.1 Å². The molecule has 1 heterocycles. The normalized spacial score (nSPS) is 13.4. The highest BCUT2D eigenvalue weighted by Gasteiger charge is 2.17. The van der Waals surface area contributed by atoms with Gasteiger partial charge in [-0.1, -0.05) is 24.3 Å². The van der Waals surface area contributed by atoms with E-state index in [0.29, 0.717) is 5.75 Å². The molecule has 0 saturated carbocycles. The molecule has 1 aromatic heterocycles. The lowest BCUT2D eigenvalue weighted by atomic mass is 10.1. The molecular weight excluding hydrogens is 321 g/mol. The quantitative estimate of drug-likeness (QED) is 0.743. The summed E-state index contributed by atoms with van der Waals surface area (Å²) in [6.07, 6.45) is 0. The fourth-order valence-electron chi connectivity index (χ4n) is 2.63. The molecule has 3 rings (SSSR count). The van der Waals surface area contributed by atoms with Crippen LogP contribution in [0.5, 0.6) is 11.5 Å². The number of aryl methyl sites for hydroxylation is 1. The van der Waals surface area contributed by atoms with Crippen molar-refractivity contribution < 1.29 is 9.13 Å². The van der Waals surface area contributed by atoms with E-state index in [9.17, 15) is 4.39 Å². The first-order chi connectivity index (χ1) is 12.0. The van der Waals surface area contributed by atoms with Crippen molar-refractivity contribution in [1.82, 2.24) is 25.5 Å². The van der Waals surface area contributed by atoms with E-state index in [0.717, 1.165) is 11.4 Å². The first-order valence-corrected chi connectivity index (χ1v) is 8.05. The monoisotopic (exact) mass is 341 g/mol. The molecule has 0 aliphatic rings. The predicted octanol–water partition coefficient (Wildman–Crippen LogP) is 3.55. The zero-order chi connectivity index (χ0) is 17.8. The zero-order valence-corrected chi connectivity index (χ0v) is 14.3. The van der Waals surface area contributed by atoms with Crippen LogP contribution in [-0.4, -0.2) is 20.2 Å². The van der Waals surface area contributed by atoms with Crippen LogP contribution in [0.25, 0.3) is 0 Å². The molecule has 0 fully saturated rings. The van der Waals surface area contributed by atoms with Crippen LogP contribution in [0.2, 0.25) is 0 Å². The van der Waals surface area contributed by atoms with E-state index in [2.05, 4.69) is 20.8 Å². The summed E-state index contributed by atoms with van der Waals surface area (Å²) in [6.45, 7) is 3.93. The van der Waals surface area contributed by atoms with Crippen LogP contribution in [-0.2, 0) is 7.05 Å². The average Bonchev–Trinajstić information content (AvgIpc) is 3.03. The SMILES string of the molecule is C[C@H](N[C@H](C)c1nnnn1C)c1ccc(Oc2ccccc2)c(F)c1. The van der Waals surface area contributed by atoms with Gasteiger partial charge in [-0.2, -0.15) is 0 Å². The molecule has 130 valence electrons. The maximum Gasteiger partial charge on any atom is 0.167 e. The van der Waals surface area contributed by atoms with Gasteiger partial charge < -0.3 is 10.1 Å². The maximum atomic E-state index is 14.4. The number of nitrogens with zero attached hydrogens (tertiary/aromatic N) is 4. The van der Waals surface area contributed by atoms with E-state index >= 15 is 0 Å². The van der Waals surface area contributed by atoms with Gasteiger partial charge in [0.05, 0.1) is 6.04 Å². The van der Waals surface area contributed by atoms with Crippen molar-refractivity contribution >= 4 is 0 Å². The Balaban J connectivity index is 1.70. The average molecular weight is 341 g/mol. The number of ether oxygens (including phenoxy) is 1. The number of halogens is 1. The number of tetrazole rings is 1. The molecule has 7 heteroatoms. The fraction of sp³-hybridized carbons (Fsp3) is 0.278. The molecule has 2 aromatic carbocycles. The van der Waals surface area contributed by atoms with Gasteiger partial charge in [0.25, 0.3) is 0 Å². The predicted molar refractivity (Wildman–Crippen MR) is 91.7 cm³/mol. The molecular formula is C18H20FN5O. The van der Waals surface area contributed by atoms with E-state index < -0.39 is 5.82 Å². The third kappa shape index (κ3) is 4.00. The van der Waals surface area contributed by atoms with Crippen LogP contribution in [0, 0.1) is 5.82 Å². The number of hydrogen-bond acceptors (Lipinski definition) is 5. The maximum absolute atomic E-state index is 14.4. The van der Waals surface area contributed by atoms with E-state index in [1.54, 1.807) is 29.9 Å². The Labute approximate surface area is 145 Å². The molecule has 0 aliphatic heterocycles. The van der Waals surface area contributed by atoms with Crippen molar-refractivity contribution in [3.05, 3.63) is 65.7 Å². The molecule has 0 unspecified atom stereocenters. The lowest BCUT2D eigenvalue weighted by Crippen LogP contribution is -2.25. The minimum atomic E-state index is -0.400. The van der Waals surface area contributed by atoms with Crippen LogP contribution in [0.3, 0.4) is 0 Å². The van der Waals surface area contributed by atoms with Gasteiger partial charge in [-0.15, -0.1) is 5.10 Å². The summed E-state index contributed by atoms with van der Waals surface area (Å²) < 4.78 is 21.6. The van der Waals surface area contributed by atoms with Gasteiger partial charge in [0.1, 0.15) is 5.75 Å². The number of nitrogens with one attached hydrogen (secondary N) is 1. The summed E-state index contributed by atoms with van der Waals surface area (Å²) in [5.74, 6) is 1.12. The highest BCUT2D eigenvalue weighted by molar-refractivity contribution is 5.35. The molecule has 0 radical (unpaired) electrons. The summed E-state index contributed by atoms with van der Waals surface area (Å²) in [5.41, 5.74) is 0.819. The van der Waals surface area contributed by atoms with Gasteiger partial charge in [0.2, 0.25) is 0 Å². The Morgan fingerprint density at radius 3 is 2.48 bits per heavy atom. The fourth-order valence-corrected chi connectivity index (χ4v) is 2.63. The highest BCUT2D eigenvalue weighted by Crippen LogP contribution is 2.27. The van der Waals surface area contributed by atoms with E-state index in [4.69, 9.17) is 4.74 Å². The van der Waals surface area contributed by atoms with Crippen molar-refractivity contribution in [2.45, 2.75) is 25.9 Å². The second-order valence-corrected chi connectivity index (χ2v) is 5.88. The Morgan fingerprint density at radius 1 is 1.08 bits per heavy atom. The van der Waals surface area contributed by atoms with Crippen molar-refractivity contribution in [2.75, 3.05) is 0 Å². The second-order valence-electron chi connectivity index (χ2n) is 5.88. The van der Waals surface area contributed by atoms with Crippen molar-refractivity contribution in [3.63, 3.8) is 0 Å². The van der Waals surface area contributed by atoms with Gasteiger partial charge >= 0.3 is 0 Å². The van der Waals surface area contributed by atoms with Crippen LogP contribution in [0.4, 0.5) is 4.39 Å². The topological polar surface area (TPSA) is 64.9 Å². The third-order valence-electron chi connectivity index (χ3n) is 3.97. The first-order valence-electron chi connectivity index (χ1n) is 8.05. The largest absolute Gasteiger partial charge is 0.454 e. The molecule has 0 spiro atoms. The smallest absolute Gasteiger partial charge is 0.167 e. The van der Waals surface area contributed by atoms with Gasteiger partial charge in [-0.25, -0.2) is 9.07 Å². The molecule has 0 saturated heterocycles. The number of aromatic nitrogens is 4. The van der Waals surface area contributed by atoms with Crippen LogP contribution in [0.15, 0.2) is 48.5 Å². The summed E-state index contributed by atoms with van der Waals surface area (Å²) in [5, 5.41) is 14.8. The van der Waals surface area contributed by atoms with E-state index in [1.807, 2.05) is 38.1 Å². The molecule has 3 aromatic rings. The Kier molecular flexibility index (Phi) is 5.04. The lowest BCUT2D eigenvalue weighted by molar-refractivity contribution is 0.435. The van der Waals surface area contributed by atoms with E-state index in [-0.39, 0.29) is 17.8 Å². The molecule has 0 aliphatic carbocycles. The van der Waals surface area contributed by atoms with Crippen LogP contribution < -0.4 is 10.1 Å². The second kappa shape index (κ2) is 7.40. The Morgan fingerprint density at radius 2 is 1.84 bits per heavy atom. The molecule has 2 atom stereocenters. The van der Waals surface area contributed by atoms with Gasteiger partial charge in [0.15, 0.2) is 17.4 Å². The van der Waals surface area contributed by atoms with Crippen LogP contribution >= 0.6 is 0 Å². The highest BCUT2D eigenvalue weighted by atomic mass is 19.1. The van der Waals surface area contributed by atoms with E-state index in [1.165, 1.54) is 6.07 Å². The van der Waals surface area contributed by atoms with Crippen molar-refractivity contribution in [2.24, 2.45) is 7.05 Å². The molecule has 1 N–H and O–H groups in total. The molecule has 0 bridgehead atoms. The lowest BCUT2D eigenvalue weighted by Gasteiger charge is -2.19. The van der Waals surface area contributed by atoms with Gasteiger partial charge in [-0.3, -0.25) is 0 Å². The summed E-state index contributed by atoms with van der Waals surface area (Å²) in [7, 11) is 1.79. The minimum absolute atomic E-state index is 0.0710. The summed E-state index contributed by atoms with van der Waals surface area (Å²) >= 11 is 0. The van der Waals surface area contributed by atoms with Crippen LogP contribution in [0.1, 0.15) is 37.3 Å². The van der Waals surface area contributed by atoms with Gasteiger partial charge in [-0.05, 0) is 54.1 Å². The third-order valence-corrected chi connectivity index (χ3v) is 3.97. The number of rotatable bonds is 6. The Hall–Kier alpha value is -2.80. The minimum Gasteiger partial charge on any atom is -0.454 e. The first kappa shape index (κ1) is 17.0. The molecule has 25 heavy (non-hydrogen) atoms. The zero-order valence-electron chi connectivity index (χ0n) is 14.3. The number of hydrogen-bond donors (Lipinski definition) is 1. The number of benzene rings is 2.